The summed E-state index contributed by atoms with van der Waals surface area (Å²) < 4.78 is 38.6. The Labute approximate surface area is 254 Å². The highest BCUT2D eigenvalue weighted by atomic mass is 19.1. The SMILES string of the molecule is COCOc1c(-c2cc(C(=O)OC)c3cc(N4C[C@@H](C)N(C(=O)OC(C)(C)C)[C@@H](C)C4)cnc3n2)cc2cn(C)nc2c1F. The van der Waals surface area contributed by atoms with Crippen LogP contribution in [0.15, 0.2) is 30.6 Å². The maximum Gasteiger partial charge on any atom is 0.410 e. The molecule has 4 heterocycles. The van der Waals surface area contributed by atoms with E-state index in [2.05, 4.69) is 15.0 Å². The number of amides is 1. The number of rotatable bonds is 6. The molecule has 0 radical (unpaired) electrons. The predicted molar refractivity (Wildman–Crippen MR) is 162 cm³/mol. The zero-order chi connectivity index (χ0) is 31.9. The molecule has 0 spiro atoms. The first-order valence-corrected chi connectivity index (χ1v) is 14.2. The Morgan fingerprint density at radius 2 is 1.80 bits per heavy atom. The molecule has 1 aromatic carbocycles. The maximum atomic E-state index is 15.6. The largest absolute Gasteiger partial charge is 0.465 e. The van der Waals surface area contributed by atoms with Gasteiger partial charge in [0.1, 0.15) is 11.1 Å². The Balaban J connectivity index is 1.56. The van der Waals surface area contributed by atoms with Crippen molar-refractivity contribution >= 4 is 39.7 Å². The number of ether oxygens (including phenoxy) is 4. The fourth-order valence-corrected chi connectivity index (χ4v) is 5.57. The van der Waals surface area contributed by atoms with Gasteiger partial charge in [-0.05, 0) is 52.8 Å². The van der Waals surface area contributed by atoms with Gasteiger partial charge in [-0.1, -0.05) is 0 Å². The number of pyridine rings is 2. The second-order valence-corrected chi connectivity index (χ2v) is 12.0. The van der Waals surface area contributed by atoms with Crippen molar-refractivity contribution in [1.29, 1.82) is 0 Å². The van der Waals surface area contributed by atoms with Crippen molar-refractivity contribution in [3.05, 3.63) is 42.0 Å². The van der Waals surface area contributed by atoms with E-state index >= 15 is 4.39 Å². The van der Waals surface area contributed by atoms with Crippen molar-refractivity contribution in [2.45, 2.75) is 52.3 Å². The number of aromatic nitrogens is 4. The molecule has 1 aliphatic rings. The van der Waals surface area contributed by atoms with Gasteiger partial charge in [-0.2, -0.15) is 5.10 Å². The topological polar surface area (TPSA) is 121 Å². The molecule has 12 nitrogen and oxygen atoms in total. The van der Waals surface area contributed by atoms with Crippen LogP contribution in [0.5, 0.6) is 5.75 Å². The van der Waals surface area contributed by atoms with Gasteiger partial charge in [-0.25, -0.2) is 23.9 Å². The van der Waals surface area contributed by atoms with Crippen molar-refractivity contribution in [3.63, 3.8) is 0 Å². The molecule has 13 heteroatoms. The summed E-state index contributed by atoms with van der Waals surface area (Å²) in [7, 11) is 4.42. The van der Waals surface area contributed by atoms with Crippen molar-refractivity contribution in [3.8, 4) is 17.0 Å². The third kappa shape index (κ3) is 5.96. The van der Waals surface area contributed by atoms with E-state index in [1.54, 1.807) is 36.5 Å². The molecule has 5 rings (SSSR count). The zero-order valence-corrected chi connectivity index (χ0v) is 26.2. The fraction of sp³-hybridized carbons (Fsp3) is 0.452. The van der Waals surface area contributed by atoms with Crippen LogP contribution in [-0.2, 0) is 21.3 Å². The second kappa shape index (κ2) is 11.9. The van der Waals surface area contributed by atoms with E-state index in [0.29, 0.717) is 29.4 Å². The quantitative estimate of drug-likeness (QED) is 0.220. The van der Waals surface area contributed by atoms with Crippen LogP contribution in [0.2, 0.25) is 0 Å². The molecule has 0 aliphatic carbocycles. The van der Waals surface area contributed by atoms with Gasteiger partial charge in [0.2, 0.25) is 0 Å². The van der Waals surface area contributed by atoms with Crippen LogP contribution in [0.3, 0.4) is 0 Å². The Bertz CT molecular complexity index is 1720. The Morgan fingerprint density at radius 3 is 2.43 bits per heavy atom. The van der Waals surface area contributed by atoms with Gasteiger partial charge in [-0.3, -0.25) is 9.58 Å². The average Bonchev–Trinajstić information content (AvgIpc) is 3.34. The van der Waals surface area contributed by atoms with Crippen LogP contribution in [-0.4, -0.2) is 88.5 Å². The third-order valence-corrected chi connectivity index (χ3v) is 7.35. The number of hydrogen-bond acceptors (Lipinski definition) is 10. The number of benzene rings is 1. The Morgan fingerprint density at radius 1 is 1.09 bits per heavy atom. The fourth-order valence-electron chi connectivity index (χ4n) is 5.57. The molecule has 1 saturated heterocycles. The highest BCUT2D eigenvalue weighted by molar-refractivity contribution is 6.05. The molecular weight excluding hydrogens is 571 g/mol. The van der Waals surface area contributed by atoms with Gasteiger partial charge in [0.05, 0.1) is 42.3 Å². The summed E-state index contributed by atoms with van der Waals surface area (Å²) >= 11 is 0. The standard InChI is InChI=1S/C31H37FN6O6/c1-17-13-37(14-18(2)38(17)30(40)44-31(3,4)5)20-10-21-22(29(39)42-8)11-24(34-28(21)33-12-20)23-9-19-15-36(6)35-26(19)25(32)27(23)43-16-41-7/h9-12,15,17-18H,13-14,16H2,1-8H3/t17-,18+. The number of methoxy groups -OCH3 is 2. The number of hydrogen-bond donors (Lipinski definition) is 0. The lowest BCUT2D eigenvalue weighted by molar-refractivity contribution is 0.00563. The van der Waals surface area contributed by atoms with Crippen molar-refractivity contribution in [2.75, 3.05) is 39.0 Å². The summed E-state index contributed by atoms with van der Waals surface area (Å²) in [5, 5.41) is 5.20. The monoisotopic (exact) mass is 608 g/mol. The van der Waals surface area contributed by atoms with Crippen LogP contribution in [0.25, 0.3) is 33.2 Å². The Kier molecular flexibility index (Phi) is 8.34. The first-order valence-electron chi connectivity index (χ1n) is 14.2. The van der Waals surface area contributed by atoms with Gasteiger partial charge >= 0.3 is 12.1 Å². The lowest BCUT2D eigenvalue weighted by atomic mass is 10.0. The van der Waals surface area contributed by atoms with Crippen LogP contribution in [0.4, 0.5) is 14.9 Å². The van der Waals surface area contributed by atoms with Crippen molar-refractivity contribution in [2.24, 2.45) is 7.05 Å². The smallest absolute Gasteiger partial charge is 0.410 e. The number of esters is 1. The lowest BCUT2D eigenvalue weighted by Gasteiger charge is -2.45. The number of anilines is 1. The summed E-state index contributed by atoms with van der Waals surface area (Å²) in [6, 6.07) is 4.79. The summed E-state index contributed by atoms with van der Waals surface area (Å²) in [4.78, 5) is 39.2. The van der Waals surface area contributed by atoms with Crippen molar-refractivity contribution < 1.29 is 32.9 Å². The summed E-state index contributed by atoms with van der Waals surface area (Å²) in [6.45, 7) is 10.3. The van der Waals surface area contributed by atoms with Crippen LogP contribution >= 0.6 is 0 Å². The minimum absolute atomic E-state index is 0.108. The lowest BCUT2D eigenvalue weighted by Crippen LogP contribution is -2.59. The van der Waals surface area contributed by atoms with Gasteiger partial charge in [0.25, 0.3) is 0 Å². The van der Waals surface area contributed by atoms with E-state index in [1.807, 2.05) is 40.7 Å². The van der Waals surface area contributed by atoms with Gasteiger partial charge < -0.3 is 23.8 Å². The molecule has 0 unspecified atom stereocenters. The Hall–Kier alpha value is -4.52. The summed E-state index contributed by atoms with van der Waals surface area (Å²) in [5.74, 6) is -1.38. The maximum absolute atomic E-state index is 15.6. The number of piperazine rings is 1. The van der Waals surface area contributed by atoms with E-state index in [4.69, 9.17) is 23.9 Å². The van der Waals surface area contributed by atoms with Gasteiger partial charge in [0, 0.05) is 49.8 Å². The summed E-state index contributed by atoms with van der Waals surface area (Å²) in [6.07, 6.45) is 3.00. The second-order valence-electron chi connectivity index (χ2n) is 12.0. The number of halogens is 1. The summed E-state index contributed by atoms with van der Waals surface area (Å²) in [5.41, 5.74) is 1.34. The predicted octanol–water partition coefficient (Wildman–Crippen LogP) is 4.93. The molecular formula is C31H37FN6O6. The van der Waals surface area contributed by atoms with E-state index in [0.717, 1.165) is 5.69 Å². The highest BCUT2D eigenvalue weighted by Crippen LogP contribution is 2.38. The van der Waals surface area contributed by atoms with Gasteiger partial charge in [0.15, 0.2) is 24.0 Å². The van der Waals surface area contributed by atoms with E-state index in [1.165, 1.54) is 18.9 Å². The normalized spacial score (nSPS) is 17.3. The van der Waals surface area contributed by atoms with Gasteiger partial charge in [-0.15, -0.1) is 0 Å². The molecule has 3 aromatic heterocycles. The number of aryl methyl sites for hydroxylation is 1. The molecule has 44 heavy (non-hydrogen) atoms. The van der Waals surface area contributed by atoms with E-state index < -0.39 is 17.4 Å². The highest BCUT2D eigenvalue weighted by Gasteiger charge is 2.36. The molecule has 0 saturated carbocycles. The molecule has 0 N–H and O–H groups in total. The number of carbonyl (C=O) groups excluding carboxylic acids is 2. The van der Waals surface area contributed by atoms with Crippen LogP contribution < -0.4 is 9.64 Å². The number of fused-ring (bicyclic) bond motifs is 2. The number of carbonyl (C=O) groups is 2. The minimum Gasteiger partial charge on any atom is -0.465 e. The molecule has 2 atom stereocenters. The zero-order valence-electron chi connectivity index (χ0n) is 26.2. The number of nitrogens with zero attached hydrogens (tertiary/aromatic N) is 6. The molecule has 234 valence electrons. The molecule has 1 fully saturated rings. The van der Waals surface area contributed by atoms with E-state index in [-0.39, 0.29) is 53.1 Å². The molecule has 4 aromatic rings. The van der Waals surface area contributed by atoms with Crippen molar-refractivity contribution in [1.82, 2.24) is 24.6 Å². The molecule has 1 amide bonds. The minimum atomic E-state index is -0.672. The van der Waals surface area contributed by atoms with Crippen LogP contribution in [0, 0.1) is 5.82 Å². The van der Waals surface area contributed by atoms with E-state index in [9.17, 15) is 9.59 Å². The molecule has 1 aliphatic heterocycles. The average molecular weight is 609 g/mol. The van der Waals surface area contributed by atoms with Crippen LogP contribution in [0.1, 0.15) is 45.0 Å². The first-order chi connectivity index (χ1) is 20.8. The third-order valence-electron chi connectivity index (χ3n) is 7.35. The molecule has 0 bridgehead atoms. The first kappa shape index (κ1) is 30.9.